The Hall–Kier alpha value is -1.57. The predicted molar refractivity (Wildman–Crippen MR) is 119 cm³/mol. The van der Waals surface area contributed by atoms with Crippen LogP contribution in [-0.2, 0) is 0 Å². The Morgan fingerprint density at radius 3 is 2.41 bits per heavy atom. The second-order valence-electron chi connectivity index (χ2n) is 7.77. The number of nitrogens with one attached hydrogen (secondary N) is 1. The minimum atomic E-state index is -3.25. The van der Waals surface area contributed by atoms with Gasteiger partial charge in [0.1, 0.15) is 5.75 Å². The van der Waals surface area contributed by atoms with E-state index >= 15 is 0 Å². The molecule has 0 aromatic heterocycles. The maximum absolute atomic E-state index is 11.5. The molecule has 0 fully saturated rings. The summed E-state index contributed by atoms with van der Waals surface area (Å²) in [4.78, 5) is 0.491. The van der Waals surface area contributed by atoms with Crippen molar-refractivity contribution < 1.29 is 18.9 Å². The molecule has 1 aliphatic rings. The summed E-state index contributed by atoms with van der Waals surface area (Å²) in [5.74, 6) is 0.666. The number of aliphatic hydroxyl groups excluding tert-OH is 1. The molecule has 3 atom stereocenters. The van der Waals surface area contributed by atoms with Crippen LogP contribution in [0, 0.1) is 0 Å². The molecule has 0 saturated carbocycles. The first-order chi connectivity index (χ1) is 13.9. The smallest absolute Gasteiger partial charge is 0.119 e. The van der Waals surface area contributed by atoms with E-state index in [1.807, 2.05) is 36.4 Å². The minimum absolute atomic E-state index is 0.235. The third-order valence-corrected chi connectivity index (χ3v) is 8.62. The summed E-state index contributed by atoms with van der Waals surface area (Å²) in [7, 11) is -1.65. The topological polar surface area (TPSA) is 82.0 Å². The van der Waals surface area contributed by atoms with Gasteiger partial charge in [-0.25, -0.2) is 0 Å². The van der Waals surface area contributed by atoms with Crippen molar-refractivity contribution in [2.24, 2.45) is 0 Å². The highest BCUT2D eigenvalue weighted by Gasteiger charge is 2.49. The normalized spacial score (nSPS) is 27.0. The minimum Gasteiger partial charge on any atom is -0.497 e. The molecule has 4 N–H and O–H groups in total. The van der Waals surface area contributed by atoms with Crippen molar-refractivity contribution in [3.05, 3.63) is 59.7 Å². The van der Waals surface area contributed by atoms with Gasteiger partial charge in [0.05, 0.1) is 29.9 Å². The standard InChI is InChI=1S/C23H33NO4S/c1-4-6-14-23(5-2)21(16-25)29(26,27)20-13-12-18(28-3)15-19(20)22(24-23)17-10-8-7-9-11-17/h7-13,15,21-22,24-27H,4-6,14,16H2,1-3H3/t21?,22-,23-/m1/s1. The molecule has 0 radical (unpaired) electrons. The van der Waals surface area contributed by atoms with E-state index in [2.05, 4.69) is 19.2 Å². The molecule has 6 heteroatoms. The molecule has 29 heavy (non-hydrogen) atoms. The SMILES string of the molecule is CCCC[C@@]1(CC)N[C@H](c2ccccc2)c2cc(OC)ccc2S(O)(O)C1CO. The molecule has 2 aromatic rings. The van der Waals surface area contributed by atoms with Crippen molar-refractivity contribution in [3.63, 3.8) is 0 Å². The second kappa shape index (κ2) is 9.06. The summed E-state index contributed by atoms with van der Waals surface area (Å²) in [5.41, 5.74) is 1.24. The molecule has 1 heterocycles. The molecule has 160 valence electrons. The van der Waals surface area contributed by atoms with Gasteiger partial charge in [-0.1, -0.05) is 57.0 Å². The number of benzene rings is 2. The average Bonchev–Trinajstić information content (AvgIpc) is 2.83. The third kappa shape index (κ3) is 4.05. The lowest BCUT2D eigenvalue weighted by Crippen LogP contribution is -2.56. The molecule has 1 unspecified atom stereocenters. The van der Waals surface area contributed by atoms with Gasteiger partial charge in [0.25, 0.3) is 0 Å². The van der Waals surface area contributed by atoms with Crippen molar-refractivity contribution in [2.45, 2.75) is 61.3 Å². The molecular formula is C23H33NO4S. The van der Waals surface area contributed by atoms with Crippen LogP contribution in [0.5, 0.6) is 5.75 Å². The summed E-state index contributed by atoms with van der Waals surface area (Å²) in [6, 6.07) is 15.2. The van der Waals surface area contributed by atoms with Gasteiger partial charge in [-0.05, 0) is 36.6 Å². The molecule has 2 aromatic carbocycles. The number of hydrogen-bond acceptors (Lipinski definition) is 5. The van der Waals surface area contributed by atoms with Crippen molar-refractivity contribution in [3.8, 4) is 5.75 Å². The van der Waals surface area contributed by atoms with Crippen LogP contribution in [0.2, 0.25) is 0 Å². The van der Waals surface area contributed by atoms with E-state index in [0.717, 1.165) is 30.4 Å². The lowest BCUT2D eigenvalue weighted by atomic mass is 9.83. The van der Waals surface area contributed by atoms with E-state index in [4.69, 9.17) is 4.74 Å². The van der Waals surface area contributed by atoms with E-state index in [1.54, 1.807) is 19.2 Å². The quantitative estimate of drug-likeness (QED) is 0.496. The largest absolute Gasteiger partial charge is 0.497 e. The zero-order chi connectivity index (χ0) is 21.1. The van der Waals surface area contributed by atoms with Gasteiger partial charge in [-0.3, -0.25) is 14.4 Å². The first kappa shape index (κ1) is 22.1. The van der Waals surface area contributed by atoms with Crippen LogP contribution in [0.25, 0.3) is 0 Å². The molecule has 0 bridgehead atoms. The van der Waals surface area contributed by atoms with Gasteiger partial charge in [0, 0.05) is 11.1 Å². The van der Waals surface area contributed by atoms with E-state index in [0.29, 0.717) is 17.1 Å². The summed E-state index contributed by atoms with van der Waals surface area (Å²) in [5, 5.41) is 13.4. The van der Waals surface area contributed by atoms with Crippen molar-refractivity contribution in [1.82, 2.24) is 5.32 Å². The summed E-state index contributed by atoms with van der Waals surface area (Å²) in [6.45, 7) is 3.89. The summed E-state index contributed by atoms with van der Waals surface area (Å²) >= 11 is 0. The zero-order valence-corrected chi connectivity index (χ0v) is 18.3. The molecule has 1 aliphatic heterocycles. The number of fused-ring (bicyclic) bond motifs is 1. The van der Waals surface area contributed by atoms with Crippen LogP contribution < -0.4 is 10.1 Å². The Balaban J connectivity index is 2.27. The second-order valence-corrected chi connectivity index (χ2v) is 9.96. The lowest BCUT2D eigenvalue weighted by molar-refractivity contribution is 0.181. The lowest BCUT2D eigenvalue weighted by Gasteiger charge is -2.49. The van der Waals surface area contributed by atoms with Gasteiger partial charge >= 0.3 is 0 Å². The molecule has 3 rings (SSSR count). The monoisotopic (exact) mass is 419 g/mol. The van der Waals surface area contributed by atoms with E-state index < -0.39 is 21.4 Å². The van der Waals surface area contributed by atoms with E-state index in [-0.39, 0.29) is 12.6 Å². The summed E-state index contributed by atoms with van der Waals surface area (Å²) in [6.07, 6.45) is 3.38. The highest BCUT2D eigenvalue weighted by Crippen LogP contribution is 2.61. The average molecular weight is 420 g/mol. The number of ether oxygens (including phenoxy) is 1. The highest BCUT2D eigenvalue weighted by molar-refractivity contribution is 8.25. The summed E-state index contributed by atoms with van der Waals surface area (Å²) < 4.78 is 28.4. The molecular weight excluding hydrogens is 386 g/mol. The van der Waals surface area contributed by atoms with Crippen LogP contribution in [0.15, 0.2) is 53.4 Å². The Morgan fingerprint density at radius 1 is 1.10 bits per heavy atom. The van der Waals surface area contributed by atoms with Crippen LogP contribution in [0.1, 0.15) is 56.7 Å². The van der Waals surface area contributed by atoms with Gasteiger partial charge < -0.3 is 9.84 Å². The Labute approximate surface area is 175 Å². The van der Waals surface area contributed by atoms with Crippen LogP contribution in [0.3, 0.4) is 0 Å². The molecule has 0 aliphatic carbocycles. The van der Waals surface area contributed by atoms with Gasteiger partial charge in [-0.2, -0.15) is 10.6 Å². The van der Waals surface area contributed by atoms with Crippen molar-refractivity contribution in [1.29, 1.82) is 0 Å². The van der Waals surface area contributed by atoms with Gasteiger partial charge in [-0.15, -0.1) is 0 Å². The fraction of sp³-hybridized carbons (Fsp3) is 0.478. The van der Waals surface area contributed by atoms with Crippen LogP contribution >= 0.6 is 10.6 Å². The molecule has 5 nitrogen and oxygen atoms in total. The predicted octanol–water partition coefficient (Wildman–Crippen LogP) is 5.20. The number of unbranched alkanes of at least 4 members (excludes halogenated alkanes) is 1. The van der Waals surface area contributed by atoms with E-state index in [9.17, 15) is 14.2 Å². The number of hydrogen-bond donors (Lipinski definition) is 4. The van der Waals surface area contributed by atoms with Crippen LogP contribution in [0.4, 0.5) is 0 Å². The van der Waals surface area contributed by atoms with Gasteiger partial charge in [0.2, 0.25) is 0 Å². The third-order valence-electron chi connectivity index (χ3n) is 6.20. The fourth-order valence-corrected chi connectivity index (χ4v) is 6.79. The number of rotatable bonds is 7. The Morgan fingerprint density at radius 2 is 1.83 bits per heavy atom. The maximum Gasteiger partial charge on any atom is 0.119 e. The number of aliphatic hydroxyl groups is 1. The fourth-order valence-electron chi connectivity index (χ4n) is 4.50. The van der Waals surface area contributed by atoms with Crippen LogP contribution in [-0.4, -0.2) is 38.7 Å². The molecule has 0 spiro atoms. The molecule has 0 amide bonds. The first-order valence-corrected chi connectivity index (χ1v) is 11.9. The number of methoxy groups -OCH3 is 1. The maximum atomic E-state index is 11.5. The van der Waals surface area contributed by atoms with Crippen molar-refractivity contribution in [2.75, 3.05) is 13.7 Å². The Kier molecular flexibility index (Phi) is 6.91. The highest BCUT2D eigenvalue weighted by atomic mass is 32.3. The molecule has 0 saturated heterocycles. The van der Waals surface area contributed by atoms with Crippen molar-refractivity contribution >= 4 is 10.6 Å². The van der Waals surface area contributed by atoms with E-state index in [1.165, 1.54) is 0 Å². The van der Waals surface area contributed by atoms with Gasteiger partial charge in [0.15, 0.2) is 0 Å². The first-order valence-electron chi connectivity index (χ1n) is 10.3. The Bertz CT molecular complexity index is 814. The zero-order valence-electron chi connectivity index (χ0n) is 17.5.